The largest absolute Gasteiger partial charge is 0.0910 e. The highest BCUT2D eigenvalue weighted by molar-refractivity contribution is 5.50. The first-order valence-corrected chi connectivity index (χ1v) is 22.7. The second-order valence-corrected chi connectivity index (χ2v) is 21.1. The van der Waals surface area contributed by atoms with Gasteiger partial charge in [0.25, 0.3) is 0 Å². The fourth-order valence-corrected chi connectivity index (χ4v) is 16.5. The lowest BCUT2D eigenvalue weighted by atomic mass is 9.23. The molecule has 0 heteroatoms. The van der Waals surface area contributed by atoms with Gasteiger partial charge < -0.3 is 0 Å². The zero-order chi connectivity index (χ0) is 40.0. The Morgan fingerprint density at radius 1 is 0.250 bits per heavy atom. The average Bonchev–Trinajstić information content (AvgIpc) is 3.29. The normalized spacial score (nSPS) is 36.5. The summed E-state index contributed by atoms with van der Waals surface area (Å²) in [6, 6.07) is 69.0. The first kappa shape index (κ1) is 36.3. The summed E-state index contributed by atoms with van der Waals surface area (Å²) >= 11 is 0. The van der Waals surface area contributed by atoms with Crippen LogP contribution >= 0.6 is 0 Å². The van der Waals surface area contributed by atoms with Crippen molar-refractivity contribution < 1.29 is 0 Å². The SMILES string of the molecule is C(#CC12CC3(c4ccccc4)CC(c4ccccc4)(C1)CC(C14CC5(C#Cc6ccccc6)CC(c6ccccc6)(CC(c6ccccc6)(C5)C1)C4)(C2)C3)c1ccccc1. The molecular weight excluding hydrogens is 721 g/mol. The highest BCUT2D eigenvalue weighted by atomic mass is 14.8. The fraction of sp³-hybridized carbons (Fsp3) is 0.333. The molecule has 0 heterocycles. The molecular formula is C60H54. The molecule has 0 amide bonds. The highest BCUT2D eigenvalue weighted by Crippen LogP contribution is 2.85. The molecule has 60 heavy (non-hydrogen) atoms. The van der Waals surface area contributed by atoms with Crippen LogP contribution in [0.25, 0.3) is 0 Å². The van der Waals surface area contributed by atoms with E-state index in [1.165, 1.54) is 51.4 Å². The van der Waals surface area contributed by atoms with Gasteiger partial charge in [0.15, 0.2) is 0 Å². The van der Waals surface area contributed by atoms with Crippen molar-refractivity contribution in [1.82, 2.24) is 0 Å². The molecule has 0 aliphatic heterocycles. The van der Waals surface area contributed by atoms with E-state index in [0.29, 0.717) is 0 Å². The van der Waals surface area contributed by atoms with Gasteiger partial charge in [0.1, 0.15) is 0 Å². The van der Waals surface area contributed by atoms with Gasteiger partial charge in [0.05, 0.1) is 0 Å². The maximum absolute atomic E-state index is 4.25. The smallest absolute Gasteiger partial charge is 0.0340 e. The van der Waals surface area contributed by atoms with E-state index in [1.807, 2.05) is 0 Å². The summed E-state index contributed by atoms with van der Waals surface area (Å²) in [6.07, 6.45) is 14.3. The molecule has 0 spiro atoms. The molecule has 8 aliphatic rings. The Morgan fingerprint density at radius 3 is 0.767 bits per heavy atom. The Balaban J connectivity index is 1.14. The molecule has 0 nitrogen and oxygen atoms in total. The lowest BCUT2D eigenvalue weighted by Crippen LogP contribution is -2.73. The van der Waals surface area contributed by atoms with Crippen LogP contribution in [0.3, 0.4) is 0 Å². The average molecular weight is 775 g/mol. The van der Waals surface area contributed by atoms with Gasteiger partial charge in [0, 0.05) is 22.0 Å². The Bertz CT molecular complexity index is 2370. The molecule has 8 fully saturated rings. The number of hydrogen-bond acceptors (Lipinski definition) is 0. The second-order valence-electron chi connectivity index (χ2n) is 21.1. The van der Waals surface area contributed by atoms with Crippen LogP contribution in [0.5, 0.6) is 0 Å². The molecule has 8 aliphatic carbocycles. The van der Waals surface area contributed by atoms with Crippen molar-refractivity contribution in [2.24, 2.45) is 21.7 Å². The van der Waals surface area contributed by atoms with Crippen molar-refractivity contribution in [2.75, 3.05) is 0 Å². The maximum atomic E-state index is 4.25. The van der Waals surface area contributed by atoms with Gasteiger partial charge in [-0.25, -0.2) is 0 Å². The summed E-state index contributed by atoms with van der Waals surface area (Å²) < 4.78 is 0. The maximum Gasteiger partial charge on any atom is 0.0340 e. The van der Waals surface area contributed by atoms with E-state index in [9.17, 15) is 0 Å². The minimum absolute atomic E-state index is 0.0310. The Hall–Kier alpha value is -5.56. The molecule has 294 valence electrons. The lowest BCUT2D eigenvalue weighted by Gasteiger charge is -2.80. The van der Waals surface area contributed by atoms with Gasteiger partial charge in [0.2, 0.25) is 0 Å². The van der Waals surface area contributed by atoms with Crippen LogP contribution < -0.4 is 0 Å². The third kappa shape index (κ3) is 5.46. The molecule has 0 radical (unpaired) electrons. The summed E-state index contributed by atoms with van der Waals surface area (Å²) in [6.45, 7) is 0. The summed E-state index contributed by atoms with van der Waals surface area (Å²) in [7, 11) is 0. The van der Waals surface area contributed by atoms with Crippen LogP contribution in [0.4, 0.5) is 0 Å². The van der Waals surface area contributed by atoms with Crippen molar-refractivity contribution in [3.05, 3.63) is 215 Å². The molecule has 4 atom stereocenters. The fourth-order valence-electron chi connectivity index (χ4n) is 16.5. The predicted molar refractivity (Wildman–Crippen MR) is 244 cm³/mol. The van der Waals surface area contributed by atoms with Crippen LogP contribution in [0.15, 0.2) is 182 Å². The minimum atomic E-state index is -0.109. The third-order valence-electron chi connectivity index (χ3n) is 17.3. The van der Waals surface area contributed by atoms with Crippen LogP contribution in [-0.2, 0) is 21.7 Å². The standard InChI is InChI=1S/C60H54/c1-7-19-47(20-8-1)31-33-53-35-55(49-23-11-3-12-24-49)41-56(36-53,50-25-13-4-14-26-50)44-59(39-53,43-55)60-40-54(34-32-48-21-9-2-10-22-48)37-57(45-60,51-27-15-5-16-28-51)42-58(38-54,46-60)52-29-17-6-18-30-52/h1-30H,35-46H2. The van der Waals surface area contributed by atoms with E-state index in [1.54, 1.807) is 22.3 Å². The van der Waals surface area contributed by atoms with Crippen molar-refractivity contribution in [3.8, 4) is 23.7 Å². The second kappa shape index (κ2) is 13.0. The molecule has 0 N–H and O–H groups in total. The molecule has 6 aromatic rings. The van der Waals surface area contributed by atoms with E-state index in [-0.39, 0.29) is 43.3 Å². The van der Waals surface area contributed by atoms with Crippen LogP contribution in [0, 0.1) is 45.3 Å². The minimum Gasteiger partial charge on any atom is -0.0910 e. The zero-order valence-corrected chi connectivity index (χ0v) is 34.8. The van der Waals surface area contributed by atoms with Crippen LogP contribution in [-0.4, -0.2) is 0 Å². The van der Waals surface area contributed by atoms with E-state index in [4.69, 9.17) is 0 Å². The summed E-state index contributed by atoms with van der Waals surface area (Å²) in [5.41, 5.74) is 8.49. The van der Waals surface area contributed by atoms with E-state index in [0.717, 1.165) is 36.8 Å². The van der Waals surface area contributed by atoms with E-state index in [2.05, 4.69) is 206 Å². The molecule has 14 rings (SSSR count). The monoisotopic (exact) mass is 774 g/mol. The highest BCUT2D eigenvalue weighted by Gasteiger charge is 2.78. The lowest BCUT2D eigenvalue weighted by molar-refractivity contribution is -0.245. The van der Waals surface area contributed by atoms with Crippen molar-refractivity contribution in [3.63, 3.8) is 0 Å². The van der Waals surface area contributed by atoms with Gasteiger partial charge in [-0.3, -0.25) is 0 Å². The van der Waals surface area contributed by atoms with Crippen molar-refractivity contribution >= 4 is 0 Å². The summed E-state index contributed by atoms with van der Waals surface area (Å²) in [5, 5.41) is 0. The van der Waals surface area contributed by atoms with Gasteiger partial charge in [-0.1, -0.05) is 181 Å². The third-order valence-corrected chi connectivity index (χ3v) is 17.3. The van der Waals surface area contributed by atoms with Gasteiger partial charge in [-0.05, 0) is 156 Å². The van der Waals surface area contributed by atoms with Crippen LogP contribution in [0.2, 0.25) is 0 Å². The molecule has 4 unspecified atom stereocenters. The molecule has 8 bridgehead atoms. The molecule has 0 saturated heterocycles. The van der Waals surface area contributed by atoms with Gasteiger partial charge in [-0.2, -0.15) is 0 Å². The van der Waals surface area contributed by atoms with Crippen molar-refractivity contribution in [2.45, 2.75) is 98.7 Å². The molecule has 0 aromatic heterocycles. The quantitative estimate of drug-likeness (QED) is 0.153. The Kier molecular flexibility index (Phi) is 7.85. The predicted octanol–water partition coefficient (Wildman–Crippen LogP) is 13.6. The van der Waals surface area contributed by atoms with E-state index >= 15 is 0 Å². The topological polar surface area (TPSA) is 0 Å². The Labute approximate surface area is 357 Å². The summed E-state index contributed by atoms with van der Waals surface area (Å²) in [5.74, 6) is 16.2. The molecule has 8 saturated carbocycles. The number of hydrogen-bond donors (Lipinski definition) is 0. The zero-order valence-electron chi connectivity index (χ0n) is 34.8. The first-order valence-electron chi connectivity index (χ1n) is 22.7. The number of rotatable bonds is 5. The van der Waals surface area contributed by atoms with Crippen molar-refractivity contribution in [1.29, 1.82) is 0 Å². The molecule has 6 aromatic carbocycles. The van der Waals surface area contributed by atoms with Gasteiger partial charge >= 0.3 is 0 Å². The summed E-state index contributed by atoms with van der Waals surface area (Å²) in [4.78, 5) is 0. The van der Waals surface area contributed by atoms with Gasteiger partial charge in [-0.15, -0.1) is 0 Å². The van der Waals surface area contributed by atoms with Crippen LogP contribution in [0.1, 0.15) is 110 Å². The Morgan fingerprint density at radius 2 is 0.500 bits per heavy atom. The van der Waals surface area contributed by atoms with E-state index < -0.39 is 0 Å². The first-order chi connectivity index (χ1) is 29.3. The number of benzene rings is 6.